The van der Waals surface area contributed by atoms with Crippen molar-refractivity contribution in [2.45, 2.75) is 57.5 Å². The Kier molecular flexibility index (Phi) is 12.1. The molecule has 2 heterocycles. The Morgan fingerprint density at radius 2 is 1.61 bits per heavy atom. The van der Waals surface area contributed by atoms with Gasteiger partial charge in [-0.05, 0) is 75.4 Å². The largest absolute Gasteiger partial charge is 0.481 e. The zero-order valence-electron chi connectivity index (χ0n) is 23.0. The molecule has 0 aliphatic carbocycles. The molecule has 6 N–H and O–H groups in total. The van der Waals surface area contributed by atoms with Crippen molar-refractivity contribution >= 4 is 35.6 Å². The number of amides is 4. The number of carboxylic acids is 2. The van der Waals surface area contributed by atoms with Gasteiger partial charge in [-0.3, -0.25) is 24.0 Å². The highest BCUT2D eigenvalue weighted by molar-refractivity contribution is 5.96. The quantitative estimate of drug-likeness (QED) is 0.183. The van der Waals surface area contributed by atoms with E-state index < -0.39 is 48.2 Å². The number of carbonyl (C=O) groups is 6. The van der Waals surface area contributed by atoms with E-state index in [1.54, 1.807) is 4.90 Å². The lowest BCUT2D eigenvalue weighted by Crippen LogP contribution is -2.53. The van der Waals surface area contributed by atoms with Gasteiger partial charge in [-0.2, -0.15) is 0 Å². The molecule has 0 radical (unpaired) electrons. The van der Waals surface area contributed by atoms with Gasteiger partial charge in [0.15, 0.2) is 0 Å². The molecule has 2 saturated heterocycles. The Bertz CT molecular complexity index is 1100. The summed E-state index contributed by atoms with van der Waals surface area (Å²) in [5.41, 5.74) is 0.255. The van der Waals surface area contributed by atoms with Crippen LogP contribution in [0.2, 0.25) is 0 Å². The smallest absolute Gasteiger partial charge is 0.335 e. The molecule has 2 fully saturated rings. The lowest BCUT2D eigenvalue weighted by molar-refractivity contribution is -0.138. The number of nitrogens with one attached hydrogen (secondary N) is 4. The highest BCUT2D eigenvalue weighted by Crippen LogP contribution is 2.21. The van der Waals surface area contributed by atoms with E-state index in [-0.39, 0.29) is 36.5 Å². The van der Waals surface area contributed by atoms with Gasteiger partial charge in [-0.1, -0.05) is 0 Å². The Balaban J connectivity index is 1.44. The van der Waals surface area contributed by atoms with Crippen LogP contribution in [0.15, 0.2) is 24.3 Å². The summed E-state index contributed by atoms with van der Waals surface area (Å²) >= 11 is 0. The van der Waals surface area contributed by atoms with Crippen LogP contribution in [0.4, 0.5) is 0 Å². The molecule has 2 aliphatic rings. The molecule has 4 amide bonds. The van der Waals surface area contributed by atoms with Crippen molar-refractivity contribution in [1.82, 2.24) is 26.2 Å². The molecule has 0 spiro atoms. The average Bonchev–Trinajstić information content (AvgIpc) is 2.96. The molecule has 0 bridgehead atoms. The minimum absolute atomic E-state index is 0.0243. The van der Waals surface area contributed by atoms with Gasteiger partial charge in [0, 0.05) is 38.0 Å². The number of aliphatic carboxylic acids is 1. The zero-order chi connectivity index (χ0) is 29.8. The molecule has 224 valence electrons. The number of nitrogens with zero attached hydrogens (tertiary/aromatic N) is 1. The second-order valence-electron chi connectivity index (χ2n) is 10.5. The van der Waals surface area contributed by atoms with Crippen LogP contribution in [0.25, 0.3) is 0 Å². The third-order valence-electron chi connectivity index (χ3n) is 7.43. The van der Waals surface area contributed by atoms with Crippen LogP contribution < -0.4 is 21.3 Å². The van der Waals surface area contributed by atoms with Gasteiger partial charge >= 0.3 is 11.9 Å². The summed E-state index contributed by atoms with van der Waals surface area (Å²) in [5, 5.41) is 29.2. The number of hydrogen-bond donors (Lipinski definition) is 6. The van der Waals surface area contributed by atoms with Gasteiger partial charge in [0.25, 0.3) is 5.91 Å². The first-order chi connectivity index (χ1) is 19.6. The molecule has 1 aromatic rings. The molecule has 1 aromatic carbocycles. The van der Waals surface area contributed by atoms with Crippen molar-refractivity contribution < 1.29 is 39.0 Å². The van der Waals surface area contributed by atoms with E-state index >= 15 is 0 Å². The molecular weight excluding hydrogens is 534 g/mol. The van der Waals surface area contributed by atoms with Crippen molar-refractivity contribution in [1.29, 1.82) is 0 Å². The summed E-state index contributed by atoms with van der Waals surface area (Å²) in [5.74, 6) is -3.79. The number of carbonyl (C=O) groups excluding carboxylic acids is 4. The maximum absolute atomic E-state index is 13.0. The summed E-state index contributed by atoms with van der Waals surface area (Å²) in [4.78, 5) is 74.5. The van der Waals surface area contributed by atoms with E-state index in [1.807, 2.05) is 0 Å². The number of rotatable bonds is 13. The van der Waals surface area contributed by atoms with Crippen LogP contribution in [0, 0.1) is 11.8 Å². The third kappa shape index (κ3) is 10.5. The van der Waals surface area contributed by atoms with E-state index in [9.17, 15) is 33.9 Å². The van der Waals surface area contributed by atoms with Gasteiger partial charge in [0.1, 0.15) is 6.17 Å². The number of benzene rings is 1. The number of hydrogen-bond acceptors (Lipinski definition) is 7. The van der Waals surface area contributed by atoms with Crippen molar-refractivity contribution in [3.05, 3.63) is 35.4 Å². The van der Waals surface area contributed by atoms with Gasteiger partial charge in [-0.25, -0.2) is 4.79 Å². The molecule has 13 nitrogen and oxygen atoms in total. The summed E-state index contributed by atoms with van der Waals surface area (Å²) < 4.78 is 0. The number of likely N-dealkylation sites (tertiary alicyclic amines) is 1. The maximum Gasteiger partial charge on any atom is 0.335 e. The monoisotopic (exact) mass is 573 g/mol. The summed E-state index contributed by atoms with van der Waals surface area (Å²) in [6.45, 7) is 2.72. The Morgan fingerprint density at radius 3 is 2.27 bits per heavy atom. The predicted molar refractivity (Wildman–Crippen MR) is 147 cm³/mol. The fourth-order valence-electron chi connectivity index (χ4n) is 5.10. The first-order valence-electron chi connectivity index (χ1n) is 14.0. The van der Waals surface area contributed by atoms with E-state index in [4.69, 9.17) is 5.11 Å². The molecule has 13 heteroatoms. The molecule has 2 atom stereocenters. The normalized spacial score (nSPS) is 18.1. The average molecular weight is 574 g/mol. The van der Waals surface area contributed by atoms with Crippen LogP contribution in [-0.2, 0) is 19.2 Å². The van der Waals surface area contributed by atoms with Crippen LogP contribution >= 0.6 is 0 Å². The highest BCUT2D eigenvalue weighted by Gasteiger charge is 2.30. The van der Waals surface area contributed by atoms with E-state index in [1.165, 1.54) is 24.3 Å². The Labute approximate surface area is 238 Å². The second-order valence-corrected chi connectivity index (χ2v) is 10.5. The fraction of sp³-hybridized carbons (Fsp3) is 0.571. The van der Waals surface area contributed by atoms with Crippen molar-refractivity contribution in [2.24, 2.45) is 11.8 Å². The molecular formula is C28H39N5O8. The highest BCUT2D eigenvalue weighted by atomic mass is 16.4. The molecule has 2 aliphatic heterocycles. The predicted octanol–water partition coefficient (Wildman–Crippen LogP) is 0.556. The molecule has 0 unspecified atom stereocenters. The first-order valence-corrected chi connectivity index (χ1v) is 14.0. The number of aromatic carboxylic acids is 1. The Hall–Kier alpha value is -4.00. The van der Waals surface area contributed by atoms with Crippen molar-refractivity contribution in [3.8, 4) is 0 Å². The summed E-state index contributed by atoms with van der Waals surface area (Å²) in [6, 6.07) is 5.29. The third-order valence-corrected chi connectivity index (χ3v) is 7.43. The van der Waals surface area contributed by atoms with Crippen molar-refractivity contribution in [2.75, 3.05) is 32.7 Å². The van der Waals surface area contributed by atoms with E-state index in [0.717, 1.165) is 32.4 Å². The number of carboxylic acid groups (broad SMARTS) is 2. The standard InChI is InChI=1S/C28H39N5O8/c34-23(11-14-30-26(38)19-4-6-20(7-5-19)28(40)41)31-22(16-25(36)37)32-27(39)21-2-1-15-33(17-21)24(35)8-3-18-9-12-29-13-10-18/h4-7,18,21-22,29H,1-3,8-17H2,(H,30,38)(H,31,34)(H,32,39)(H,36,37)(H,40,41)/t21-,22+/m1/s1. The second kappa shape index (κ2) is 15.7. The van der Waals surface area contributed by atoms with Gasteiger partial charge in [0.05, 0.1) is 17.9 Å². The van der Waals surface area contributed by atoms with Crippen LogP contribution in [0.3, 0.4) is 0 Å². The topological polar surface area (TPSA) is 194 Å². The van der Waals surface area contributed by atoms with Gasteiger partial charge in [-0.15, -0.1) is 0 Å². The van der Waals surface area contributed by atoms with E-state index in [0.29, 0.717) is 31.7 Å². The molecule has 0 saturated carbocycles. The molecule has 41 heavy (non-hydrogen) atoms. The first kappa shape index (κ1) is 31.5. The molecule has 3 rings (SSSR count). The van der Waals surface area contributed by atoms with Gasteiger partial charge < -0.3 is 36.4 Å². The summed E-state index contributed by atoms with van der Waals surface area (Å²) in [6.07, 6.45) is 2.74. The number of piperidine rings is 2. The fourth-order valence-corrected chi connectivity index (χ4v) is 5.10. The lowest BCUT2D eigenvalue weighted by Gasteiger charge is -2.33. The van der Waals surface area contributed by atoms with Gasteiger partial charge in [0.2, 0.25) is 17.7 Å². The van der Waals surface area contributed by atoms with Crippen LogP contribution in [0.1, 0.15) is 72.1 Å². The minimum atomic E-state index is -1.22. The van der Waals surface area contributed by atoms with Crippen LogP contribution in [0.5, 0.6) is 0 Å². The van der Waals surface area contributed by atoms with Crippen LogP contribution in [-0.4, -0.2) is 89.6 Å². The summed E-state index contributed by atoms with van der Waals surface area (Å²) in [7, 11) is 0. The Morgan fingerprint density at radius 1 is 0.927 bits per heavy atom. The maximum atomic E-state index is 13.0. The minimum Gasteiger partial charge on any atom is -0.481 e. The SMILES string of the molecule is O=C(O)C[C@@H](NC(=O)CCNC(=O)c1ccc(C(=O)O)cc1)NC(=O)[C@@H]1CCCN(C(=O)CCC2CCNCC2)C1. The zero-order valence-corrected chi connectivity index (χ0v) is 23.0. The lowest BCUT2D eigenvalue weighted by atomic mass is 9.92. The van der Waals surface area contributed by atoms with Crippen molar-refractivity contribution in [3.63, 3.8) is 0 Å². The molecule has 0 aromatic heterocycles. The van der Waals surface area contributed by atoms with E-state index in [2.05, 4.69) is 21.3 Å².